The summed E-state index contributed by atoms with van der Waals surface area (Å²) in [4.78, 5) is 0. The van der Waals surface area contributed by atoms with Gasteiger partial charge >= 0.3 is 7.12 Å². The summed E-state index contributed by atoms with van der Waals surface area (Å²) in [5.41, 5.74) is -0.480. The molecule has 0 spiro atoms. The van der Waals surface area contributed by atoms with Gasteiger partial charge in [0.2, 0.25) is 0 Å². The quantitative estimate of drug-likeness (QED) is 0.802. The van der Waals surface area contributed by atoms with Crippen LogP contribution in [0.3, 0.4) is 0 Å². The predicted molar refractivity (Wildman–Crippen MR) is 84.5 cm³/mol. The fraction of sp³-hybridized carbons (Fsp3) is 0.750. The fourth-order valence-corrected chi connectivity index (χ4v) is 3.20. The van der Waals surface area contributed by atoms with Crippen LogP contribution in [0.2, 0.25) is 0 Å². The summed E-state index contributed by atoms with van der Waals surface area (Å²) in [6.07, 6.45) is 5.56. The van der Waals surface area contributed by atoms with Gasteiger partial charge in [0.15, 0.2) is 0 Å². The normalized spacial score (nSPS) is 28.8. The maximum Gasteiger partial charge on any atom is 0.525 e. The van der Waals surface area contributed by atoms with Crippen molar-refractivity contribution in [2.24, 2.45) is 0 Å². The Labute approximate surface area is 136 Å². The maximum absolute atomic E-state index is 14.7. The predicted octanol–water partition coefficient (Wildman–Crippen LogP) is 3.35. The molecule has 0 N–H and O–H groups in total. The molecular weight excluding hydrogens is 296 g/mol. The number of rotatable bonds is 3. The van der Waals surface area contributed by atoms with E-state index in [9.17, 15) is 4.39 Å². The van der Waals surface area contributed by atoms with Crippen LogP contribution in [0.25, 0.3) is 0 Å². The first-order chi connectivity index (χ1) is 10.8. The molecule has 1 aliphatic heterocycles. The van der Waals surface area contributed by atoms with Crippen LogP contribution in [0.4, 0.5) is 4.39 Å². The molecule has 1 aromatic rings. The summed E-state index contributed by atoms with van der Waals surface area (Å²) in [6, 6.07) is 0.556. The molecule has 0 bridgehead atoms. The van der Waals surface area contributed by atoms with E-state index in [2.05, 4.69) is 14.8 Å². The first kappa shape index (κ1) is 15.3. The average Bonchev–Trinajstić information content (AvgIpc) is 3.09. The Bertz CT molecular complexity index is 642. The zero-order valence-electron chi connectivity index (χ0n) is 14.2. The van der Waals surface area contributed by atoms with Crippen molar-refractivity contribution in [3.05, 3.63) is 23.5 Å². The van der Waals surface area contributed by atoms with Crippen LogP contribution in [0.1, 0.15) is 71.2 Å². The highest BCUT2D eigenvalue weighted by atomic mass is 19.1. The summed E-state index contributed by atoms with van der Waals surface area (Å²) in [5.74, 6) is 1.26. The minimum absolute atomic E-state index is 0.252. The van der Waals surface area contributed by atoms with E-state index in [1.54, 1.807) is 6.33 Å². The number of allylic oxidation sites excluding steroid dienone is 1. The van der Waals surface area contributed by atoms with Gasteiger partial charge in [-0.1, -0.05) is 0 Å². The Hall–Kier alpha value is -1.21. The molecule has 2 heterocycles. The van der Waals surface area contributed by atoms with Crippen molar-refractivity contribution in [1.82, 2.24) is 14.8 Å². The van der Waals surface area contributed by atoms with E-state index >= 15 is 0 Å². The van der Waals surface area contributed by atoms with Crippen molar-refractivity contribution in [1.29, 1.82) is 0 Å². The first-order valence-corrected chi connectivity index (χ1v) is 8.41. The molecule has 1 aromatic heterocycles. The van der Waals surface area contributed by atoms with Gasteiger partial charge in [0.05, 0.1) is 11.2 Å². The second-order valence-corrected chi connectivity index (χ2v) is 7.97. The Balaban J connectivity index is 1.46. The third kappa shape index (κ3) is 2.45. The zero-order chi connectivity index (χ0) is 16.4. The minimum Gasteiger partial charge on any atom is -0.398 e. The molecule has 1 saturated heterocycles. The second kappa shape index (κ2) is 4.90. The molecule has 4 rings (SSSR count). The van der Waals surface area contributed by atoms with Crippen LogP contribution in [0.5, 0.6) is 0 Å². The largest absolute Gasteiger partial charge is 0.525 e. The molecule has 5 nitrogen and oxygen atoms in total. The van der Waals surface area contributed by atoms with Crippen LogP contribution in [0.15, 0.2) is 17.6 Å². The van der Waals surface area contributed by atoms with Crippen molar-refractivity contribution in [3.8, 4) is 0 Å². The molecule has 0 aromatic carbocycles. The molecule has 7 heteroatoms. The molecule has 0 amide bonds. The molecule has 0 radical (unpaired) electrons. The van der Waals surface area contributed by atoms with Gasteiger partial charge in [-0.05, 0) is 59.0 Å². The van der Waals surface area contributed by atoms with Crippen molar-refractivity contribution >= 4 is 7.12 Å². The van der Waals surface area contributed by atoms with Crippen LogP contribution in [-0.2, 0) is 9.31 Å². The van der Waals surface area contributed by atoms with E-state index in [4.69, 9.17) is 9.31 Å². The van der Waals surface area contributed by atoms with Gasteiger partial charge in [-0.3, -0.25) is 0 Å². The molecule has 0 unspecified atom stereocenters. The molecular formula is C16H23BFN3O2. The van der Waals surface area contributed by atoms with E-state index in [0.29, 0.717) is 18.9 Å². The van der Waals surface area contributed by atoms with Gasteiger partial charge in [-0.15, -0.1) is 10.2 Å². The molecule has 2 saturated carbocycles. The number of hydrogen-bond acceptors (Lipinski definition) is 4. The number of hydrogen-bond donors (Lipinski definition) is 0. The third-order valence-corrected chi connectivity index (χ3v) is 5.69. The van der Waals surface area contributed by atoms with Crippen LogP contribution >= 0.6 is 0 Å². The van der Waals surface area contributed by atoms with E-state index in [1.807, 2.05) is 27.7 Å². The van der Waals surface area contributed by atoms with Crippen LogP contribution < -0.4 is 0 Å². The maximum atomic E-state index is 14.7. The number of halogens is 1. The van der Waals surface area contributed by atoms with E-state index in [0.717, 1.165) is 11.4 Å². The zero-order valence-corrected chi connectivity index (χ0v) is 14.2. The topological polar surface area (TPSA) is 49.2 Å². The Morgan fingerprint density at radius 3 is 2.39 bits per heavy atom. The highest BCUT2D eigenvalue weighted by Crippen LogP contribution is 2.47. The number of aromatic nitrogens is 3. The fourth-order valence-electron chi connectivity index (χ4n) is 3.20. The summed E-state index contributed by atoms with van der Waals surface area (Å²) in [6.45, 7) is 7.75. The van der Waals surface area contributed by atoms with E-state index in [1.165, 1.54) is 12.8 Å². The van der Waals surface area contributed by atoms with Gasteiger partial charge < -0.3 is 13.9 Å². The lowest BCUT2D eigenvalue weighted by Crippen LogP contribution is -2.41. The average molecular weight is 319 g/mol. The van der Waals surface area contributed by atoms with E-state index in [-0.39, 0.29) is 11.6 Å². The molecule has 23 heavy (non-hydrogen) atoms. The van der Waals surface area contributed by atoms with Crippen LogP contribution in [0, 0.1) is 0 Å². The Morgan fingerprint density at radius 2 is 1.83 bits per heavy atom. The highest BCUT2D eigenvalue weighted by Gasteiger charge is 2.54. The van der Waals surface area contributed by atoms with Gasteiger partial charge in [-0.25, -0.2) is 4.39 Å². The minimum atomic E-state index is -0.878. The molecule has 124 valence electrons. The van der Waals surface area contributed by atoms with Gasteiger partial charge in [0.1, 0.15) is 17.9 Å². The van der Waals surface area contributed by atoms with Crippen molar-refractivity contribution in [2.75, 3.05) is 0 Å². The van der Waals surface area contributed by atoms with Gasteiger partial charge in [0.25, 0.3) is 0 Å². The molecule has 0 atom stereocenters. The van der Waals surface area contributed by atoms with Gasteiger partial charge in [-0.2, -0.15) is 0 Å². The van der Waals surface area contributed by atoms with Crippen molar-refractivity contribution in [2.45, 2.75) is 76.5 Å². The first-order valence-electron chi connectivity index (χ1n) is 8.41. The smallest absolute Gasteiger partial charge is 0.398 e. The van der Waals surface area contributed by atoms with Crippen LogP contribution in [-0.4, -0.2) is 33.1 Å². The molecule has 3 aliphatic rings. The third-order valence-electron chi connectivity index (χ3n) is 5.69. The monoisotopic (exact) mass is 319 g/mol. The lowest BCUT2D eigenvalue weighted by atomic mass is 9.72. The lowest BCUT2D eigenvalue weighted by molar-refractivity contribution is 0.00578. The Kier molecular flexibility index (Phi) is 3.26. The van der Waals surface area contributed by atoms with E-state index < -0.39 is 18.3 Å². The Morgan fingerprint density at radius 1 is 1.22 bits per heavy atom. The SMILES string of the molecule is CC1(C)OB(C(F)=C2CC(c3nncn3C3CC3)C2)OC1(C)C. The summed E-state index contributed by atoms with van der Waals surface area (Å²) >= 11 is 0. The second-order valence-electron chi connectivity index (χ2n) is 7.97. The number of nitrogens with zero attached hydrogens (tertiary/aromatic N) is 3. The standard InChI is InChI=1S/C16H23BFN3O2/c1-15(2)16(3,4)23-17(22-15)13(18)10-7-11(8-10)14-20-19-9-21(14)12-5-6-12/h9,11-12H,5-8H2,1-4H3. The van der Waals surface area contributed by atoms with Gasteiger partial charge in [0, 0.05) is 12.0 Å². The highest BCUT2D eigenvalue weighted by molar-refractivity contribution is 6.53. The summed E-state index contributed by atoms with van der Waals surface area (Å²) < 4.78 is 28.5. The summed E-state index contributed by atoms with van der Waals surface area (Å²) in [7, 11) is -0.878. The van der Waals surface area contributed by atoms with Crippen molar-refractivity contribution < 1.29 is 13.7 Å². The molecule has 2 aliphatic carbocycles. The lowest BCUT2D eigenvalue weighted by Gasteiger charge is -2.32. The summed E-state index contributed by atoms with van der Waals surface area (Å²) in [5, 5.41) is 8.27. The molecule has 3 fully saturated rings. The van der Waals surface area contributed by atoms with Crippen molar-refractivity contribution in [3.63, 3.8) is 0 Å².